The van der Waals surface area contributed by atoms with E-state index < -0.39 is 0 Å². The Labute approximate surface area is 116 Å². The lowest BCUT2D eigenvalue weighted by molar-refractivity contribution is 0.176. The first-order chi connectivity index (χ1) is 8.76. The molecule has 0 aliphatic heterocycles. The van der Waals surface area contributed by atoms with Gasteiger partial charge in [0.2, 0.25) is 0 Å². The van der Waals surface area contributed by atoms with Crippen LogP contribution in [0.25, 0.3) is 0 Å². The number of hydrogen-bond acceptors (Lipinski definition) is 2. The van der Waals surface area contributed by atoms with Crippen molar-refractivity contribution in [2.75, 3.05) is 26.8 Å². The van der Waals surface area contributed by atoms with Crippen molar-refractivity contribution in [3.8, 4) is 0 Å². The molecule has 18 heavy (non-hydrogen) atoms. The Morgan fingerprint density at radius 2 is 2.22 bits per heavy atom. The summed E-state index contributed by atoms with van der Waals surface area (Å²) in [6.07, 6.45) is 3.31. The van der Waals surface area contributed by atoms with E-state index in [4.69, 9.17) is 16.3 Å². The fraction of sp³-hybridized carbons (Fsp3) is 0.600. The maximum absolute atomic E-state index is 6.02. The van der Waals surface area contributed by atoms with Crippen molar-refractivity contribution in [3.63, 3.8) is 0 Å². The van der Waals surface area contributed by atoms with Gasteiger partial charge < -0.3 is 10.1 Å². The average Bonchev–Trinajstić information content (AvgIpc) is 2.36. The number of methoxy groups -OCH3 is 1. The number of halogens is 1. The molecule has 1 atom stereocenters. The number of ether oxygens (including phenoxy) is 1. The lowest BCUT2D eigenvalue weighted by Crippen LogP contribution is -2.26. The normalized spacial score (nSPS) is 12.6. The lowest BCUT2D eigenvalue weighted by Gasteiger charge is -2.17. The maximum Gasteiger partial charge on any atom is 0.0465 e. The van der Waals surface area contributed by atoms with Gasteiger partial charge in [-0.15, -0.1) is 0 Å². The number of rotatable bonds is 9. The van der Waals surface area contributed by atoms with Crippen LogP contribution in [0.5, 0.6) is 0 Å². The molecule has 0 saturated carbocycles. The molecule has 0 radical (unpaired) electrons. The molecule has 1 unspecified atom stereocenters. The first-order valence-corrected chi connectivity index (χ1v) is 7.08. The average molecular weight is 270 g/mol. The number of nitrogens with one attached hydrogen (secondary N) is 1. The minimum absolute atomic E-state index is 0.606. The van der Waals surface area contributed by atoms with E-state index in [0.717, 1.165) is 37.6 Å². The summed E-state index contributed by atoms with van der Waals surface area (Å²) in [5.41, 5.74) is 1.31. The van der Waals surface area contributed by atoms with Gasteiger partial charge in [0.15, 0.2) is 0 Å². The summed E-state index contributed by atoms with van der Waals surface area (Å²) in [4.78, 5) is 0. The van der Waals surface area contributed by atoms with Crippen LogP contribution in [0.2, 0.25) is 5.02 Å². The second kappa shape index (κ2) is 9.37. The first kappa shape index (κ1) is 15.5. The second-order valence-corrected chi connectivity index (χ2v) is 5.12. The molecule has 1 rings (SSSR count). The van der Waals surface area contributed by atoms with E-state index >= 15 is 0 Å². The predicted octanol–water partition coefficient (Wildman–Crippen LogP) is 3.53. The number of benzene rings is 1. The van der Waals surface area contributed by atoms with E-state index in [0.29, 0.717) is 5.92 Å². The zero-order chi connectivity index (χ0) is 13.2. The van der Waals surface area contributed by atoms with Gasteiger partial charge in [0, 0.05) is 18.7 Å². The summed E-state index contributed by atoms with van der Waals surface area (Å²) in [5.74, 6) is 0.606. The van der Waals surface area contributed by atoms with E-state index in [2.05, 4.69) is 24.4 Å². The molecule has 0 amide bonds. The Morgan fingerprint density at radius 1 is 1.39 bits per heavy atom. The fourth-order valence-corrected chi connectivity index (χ4v) is 2.25. The molecule has 0 aliphatic rings. The van der Waals surface area contributed by atoms with Crippen LogP contribution in [0.4, 0.5) is 0 Å². The van der Waals surface area contributed by atoms with Gasteiger partial charge in [-0.1, -0.05) is 30.7 Å². The van der Waals surface area contributed by atoms with Gasteiger partial charge in [0.25, 0.3) is 0 Å². The molecule has 2 nitrogen and oxygen atoms in total. The molecule has 0 fully saturated rings. The molecule has 0 aliphatic carbocycles. The quantitative estimate of drug-likeness (QED) is 0.693. The second-order valence-electron chi connectivity index (χ2n) is 4.69. The molecule has 1 aromatic carbocycles. The Bertz CT molecular complexity index is 330. The summed E-state index contributed by atoms with van der Waals surface area (Å²) >= 11 is 6.02. The highest BCUT2D eigenvalue weighted by Gasteiger charge is 2.09. The van der Waals surface area contributed by atoms with E-state index in [1.54, 1.807) is 7.11 Å². The predicted molar refractivity (Wildman–Crippen MR) is 78.3 cm³/mol. The standard InChI is InChI=1S/C15H24ClNO/c1-3-8-17-12-14(7-9-18-2)10-13-5-4-6-15(16)11-13/h4-6,11,14,17H,3,7-10,12H2,1-2H3. The highest BCUT2D eigenvalue weighted by molar-refractivity contribution is 6.30. The van der Waals surface area contributed by atoms with Crippen molar-refractivity contribution in [2.24, 2.45) is 5.92 Å². The van der Waals surface area contributed by atoms with Crippen molar-refractivity contribution in [1.82, 2.24) is 5.32 Å². The van der Waals surface area contributed by atoms with E-state index in [9.17, 15) is 0 Å². The van der Waals surface area contributed by atoms with Crippen LogP contribution in [-0.2, 0) is 11.2 Å². The molecule has 0 saturated heterocycles. The summed E-state index contributed by atoms with van der Waals surface area (Å²) < 4.78 is 5.19. The monoisotopic (exact) mass is 269 g/mol. The van der Waals surface area contributed by atoms with Gasteiger partial charge in [-0.3, -0.25) is 0 Å². The Morgan fingerprint density at radius 3 is 2.89 bits per heavy atom. The van der Waals surface area contributed by atoms with Gasteiger partial charge >= 0.3 is 0 Å². The van der Waals surface area contributed by atoms with Crippen molar-refractivity contribution < 1.29 is 4.74 Å². The van der Waals surface area contributed by atoms with Crippen molar-refractivity contribution >= 4 is 11.6 Å². The zero-order valence-electron chi connectivity index (χ0n) is 11.4. The molecule has 102 valence electrons. The molecule has 1 aromatic rings. The van der Waals surface area contributed by atoms with E-state index in [1.165, 1.54) is 12.0 Å². The Balaban J connectivity index is 2.48. The zero-order valence-corrected chi connectivity index (χ0v) is 12.2. The fourth-order valence-electron chi connectivity index (χ4n) is 2.04. The van der Waals surface area contributed by atoms with Crippen LogP contribution in [0.3, 0.4) is 0 Å². The molecular formula is C15H24ClNO. The smallest absolute Gasteiger partial charge is 0.0465 e. The van der Waals surface area contributed by atoms with Crippen LogP contribution >= 0.6 is 11.6 Å². The summed E-state index contributed by atoms with van der Waals surface area (Å²) in [6.45, 7) is 5.13. The highest BCUT2D eigenvalue weighted by atomic mass is 35.5. The molecule has 0 spiro atoms. The van der Waals surface area contributed by atoms with Gasteiger partial charge in [-0.25, -0.2) is 0 Å². The molecule has 3 heteroatoms. The Hall–Kier alpha value is -0.570. The largest absolute Gasteiger partial charge is 0.385 e. The Kier molecular flexibility index (Phi) is 8.06. The van der Waals surface area contributed by atoms with Crippen LogP contribution in [0, 0.1) is 5.92 Å². The number of hydrogen-bond donors (Lipinski definition) is 1. The van der Waals surface area contributed by atoms with E-state index in [-0.39, 0.29) is 0 Å². The van der Waals surface area contributed by atoms with Crippen LogP contribution in [0.15, 0.2) is 24.3 Å². The third-order valence-corrected chi connectivity index (χ3v) is 3.24. The third kappa shape index (κ3) is 6.39. The van der Waals surface area contributed by atoms with E-state index in [1.807, 2.05) is 12.1 Å². The van der Waals surface area contributed by atoms with Gasteiger partial charge in [0.05, 0.1) is 0 Å². The van der Waals surface area contributed by atoms with Gasteiger partial charge in [0.1, 0.15) is 0 Å². The molecule has 0 bridgehead atoms. The third-order valence-electron chi connectivity index (χ3n) is 3.00. The SMILES string of the molecule is CCCNCC(CCOC)Cc1cccc(Cl)c1. The maximum atomic E-state index is 6.02. The van der Waals surface area contributed by atoms with Crippen molar-refractivity contribution in [1.29, 1.82) is 0 Å². The molecule has 1 N–H and O–H groups in total. The molecular weight excluding hydrogens is 246 g/mol. The summed E-state index contributed by atoms with van der Waals surface area (Å²) in [7, 11) is 1.76. The van der Waals surface area contributed by atoms with Crippen LogP contribution in [0.1, 0.15) is 25.3 Å². The molecule has 0 heterocycles. The highest BCUT2D eigenvalue weighted by Crippen LogP contribution is 2.16. The van der Waals surface area contributed by atoms with Gasteiger partial charge in [-0.2, -0.15) is 0 Å². The van der Waals surface area contributed by atoms with Crippen molar-refractivity contribution in [2.45, 2.75) is 26.2 Å². The lowest BCUT2D eigenvalue weighted by atomic mass is 9.96. The molecule has 0 aromatic heterocycles. The van der Waals surface area contributed by atoms with Crippen LogP contribution < -0.4 is 5.32 Å². The topological polar surface area (TPSA) is 21.3 Å². The first-order valence-electron chi connectivity index (χ1n) is 6.70. The van der Waals surface area contributed by atoms with Gasteiger partial charge in [-0.05, 0) is 56.0 Å². The minimum Gasteiger partial charge on any atom is -0.385 e. The van der Waals surface area contributed by atoms with Crippen LogP contribution in [-0.4, -0.2) is 26.8 Å². The summed E-state index contributed by atoms with van der Waals surface area (Å²) in [5, 5.41) is 4.31. The van der Waals surface area contributed by atoms with Crippen molar-refractivity contribution in [3.05, 3.63) is 34.9 Å². The summed E-state index contributed by atoms with van der Waals surface area (Å²) in [6, 6.07) is 8.14. The minimum atomic E-state index is 0.606.